The van der Waals surface area contributed by atoms with Crippen molar-refractivity contribution in [2.45, 2.75) is 123 Å². The normalized spacial score (nSPS) is 12.0. The number of unbranched alkanes of at least 4 members (excludes halogenated alkanes) is 14. The molecule has 132 valence electrons. The SMILES string of the molecule is CCCCCCCCCC=C(Br)CCCCCCCCCC. The van der Waals surface area contributed by atoms with Gasteiger partial charge in [0.25, 0.3) is 0 Å². The second-order valence-electron chi connectivity index (χ2n) is 6.79. The molecule has 0 amide bonds. The quantitative estimate of drug-likeness (QED) is 0.223. The Morgan fingerprint density at radius 2 is 1.00 bits per heavy atom. The molecule has 0 aromatic rings. The first-order valence-electron chi connectivity index (χ1n) is 10.2. The van der Waals surface area contributed by atoms with E-state index < -0.39 is 0 Å². The topological polar surface area (TPSA) is 0 Å². The summed E-state index contributed by atoms with van der Waals surface area (Å²) in [5, 5.41) is 0. The zero-order valence-electron chi connectivity index (χ0n) is 15.5. The maximum absolute atomic E-state index is 3.75. The molecule has 0 saturated heterocycles. The van der Waals surface area contributed by atoms with E-state index in [0.717, 1.165) is 0 Å². The third-order valence-corrected chi connectivity index (χ3v) is 5.16. The summed E-state index contributed by atoms with van der Waals surface area (Å²) in [6.45, 7) is 4.57. The Morgan fingerprint density at radius 3 is 1.50 bits per heavy atom. The summed E-state index contributed by atoms with van der Waals surface area (Å²) < 4.78 is 1.45. The molecule has 0 aliphatic heterocycles. The Bertz CT molecular complexity index is 232. The summed E-state index contributed by atoms with van der Waals surface area (Å²) in [5.41, 5.74) is 0. The van der Waals surface area contributed by atoms with Crippen LogP contribution in [0.15, 0.2) is 10.6 Å². The van der Waals surface area contributed by atoms with Crippen molar-refractivity contribution in [1.82, 2.24) is 0 Å². The average Bonchev–Trinajstić information content (AvgIpc) is 2.52. The van der Waals surface area contributed by atoms with E-state index in [9.17, 15) is 0 Å². The second-order valence-corrected chi connectivity index (χ2v) is 7.80. The van der Waals surface area contributed by atoms with Gasteiger partial charge in [0.1, 0.15) is 0 Å². The molecule has 0 aliphatic carbocycles. The van der Waals surface area contributed by atoms with Crippen LogP contribution in [0.4, 0.5) is 0 Å². The van der Waals surface area contributed by atoms with Gasteiger partial charge >= 0.3 is 0 Å². The molecule has 0 unspecified atom stereocenters. The van der Waals surface area contributed by atoms with Gasteiger partial charge in [0.05, 0.1) is 0 Å². The van der Waals surface area contributed by atoms with Gasteiger partial charge in [-0.25, -0.2) is 0 Å². The fraction of sp³-hybridized carbons (Fsp3) is 0.905. The van der Waals surface area contributed by atoms with Crippen molar-refractivity contribution in [2.75, 3.05) is 0 Å². The first-order chi connectivity index (χ1) is 10.8. The van der Waals surface area contributed by atoms with Gasteiger partial charge in [-0.05, 0) is 30.2 Å². The van der Waals surface area contributed by atoms with Crippen molar-refractivity contribution in [3.63, 3.8) is 0 Å². The molecule has 0 bridgehead atoms. The van der Waals surface area contributed by atoms with Crippen LogP contribution in [0.2, 0.25) is 0 Å². The van der Waals surface area contributed by atoms with E-state index in [2.05, 4.69) is 35.9 Å². The monoisotopic (exact) mass is 372 g/mol. The minimum atomic E-state index is 1.26. The Balaban J connectivity index is 3.24. The van der Waals surface area contributed by atoms with Crippen LogP contribution in [0.25, 0.3) is 0 Å². The van der Waals surface area contributed by atoms with Gasteiger partial charge in [0.15, 0.2) is 0 Å². The lowest BCUT2D eigenvalue weighted by Gasteiger charge is -2.02. The first-order valence-corrected chi connectivity index (χ1v) is 10.9. The molecular formula is C21H41Br. The Kier molecular flexibility index (Phi) is 19.5. The number of halogens is 1. The molecule has 0 atom stereocenters. The van der Waals surface area contributed by atoms with Crippen molar-refractivity contribution in [3.8, 4) is 0 Å². The first kappa shape index (κ1) is 22.2. The largest absolute Gasteiger partial charge is 0.0744 e. The van der Waals surface area contributed by atoms with Crippen molar-refractivity contribution in [3.05, 3.63) is 10.6 Å². The molecule has 0 radical (unpaired) electrons. The van der Waals surface area contributed by atoms with Gasteiger partial charge in [-0.1, -0.05) is 119 Å². The lowest BCUT2D eigenvalue weighted by atomic mass is 10.1. The molecule has 0 spiro atoms. The lowest BCUT2D eigenvalue weighted by molar-refractivity contribution is 0.576. The molecule has 0 rings (SSSR count). The third-order valence-electron chi connectivity index (χ3n) is 4.44. The number of hydrogen-bond acceptors (Lipinski definition) is 0. The van der Waals surface area contributed by atoms with E-state index in [-0.39, 0.29) is 0 Å². The summed E-state index contributed by atoms with van der Waals surface area (Å²) in [7, 11) is 0. The summed E-state index contributed by atoms with van der Waals surface area (Å²) in [6, 6.07) is 0. The zero-order chi connectivity index (χ0) is 16.3. The molecule has 0 saturated carbocycles. The minimum Gasteiger partial charge on any atom is -0.0744 e. The summed E-state index contributed by atoms with van der Waals surface area (Å²) in [4.78, 5) is 0. The van der Waals surface area contributed by atoms with Crippen LogP contribution in [0, 0.1) is 0 Å². The molecular weight excluding hydrogens is 332 g/mol. The highest BCUT2D eigenvalue weighted by molar-refractivity contribution is 9.11. The van der Waals surface area contributed by atoms with Crippen LogP contribution in [-0.4, -0.2) is 0 Å². The standard InChI is InChI=1S/C21H41Br/c1-3-5-7-9-11-13-15-17-19-21(22)20-18-16-14-12-10-8-6-4-2/h19H,3-18,20H2,1-2H3. The van der Waals surface area contributed by atoms with Crippen LogP contribution in [0.5, 0.6) is 0 Å². The maximum Gasteiger partial charge on any atom is -0.00892 e. The van der Waals surface area contributed by atoms with Crippen molar-refractivity contribution < 1.29 is 0 Å². The highest BCUT2D eigenvalue weighted by atomic mass is 79.9. The van der Waals surface area contributed by atoms with Gasteiger partial charge in [-0.15, -0.1) is 0 Å². The molecule has 0 nitrogen and oxygen atoms in total. The van der Waals surface area contributed by atoms with Crippen molar-refractivity contribution >= 4 is 15.9 Å². The number of hydrogen-bond donors (Lipinski definition) is 0. The smallest absolute Gasteiger partial charge is 0.00892 e. The van der Waals surface area contributed by atoms with Gasteiger partial charge in [-0.3, -0.25) is 0 Å². The van der Waals surface area contributed by atoms with Gasteiger partial charge < -0.3 is 0 Å². The summed E-state index contributed by atoms with van der Waals surface area (Å²) >= 11 is 3.75. The second kappa shape index (κ2) is 19.3. The minimum absolute atomic E-state index is 1.26. The Hall–Kier alpha value is 0.220. The van der Waals surface area contributed by atoms with E-state index in [1.165, 1.54) is 114 Å². The highest BCUT2D eigenvalue weighted by Gasteiger charge is 1.95. The van der Waals surface area contributed by atoms with Gasteiger partial charge in [-0.2, -0.15) is 0 Å². The lowest BCUT2D eigenvalue weighted by Crippen LogP contribution is -1.82. The molecule has 0 fully saturated rings. The van der Waals surface area contributed by atoms with Gasteiger partial charge in [0.2, 0.25) is 0 Å². The highest BCUT2D eigenvalue weighted by Crippen LogP contribution is 2.18. The maximum atomic E-state index is 3.75. The van der Waals surface area contributed by atoms with Crippen LogP contribution >= 0.6 is 15.9 Å². The molecule has 0 N–H and O–H groups in total. The van der Waals surface area contributed by atoms with E-state index in [1.54, 1.807) is 0 Å². The van der Waals surface area contributed by atoms with E-state index >= 15 is 0 Å². The number of allylic oxidation sites excluding steroid dienone is 2. The molecule has 0 aromatic heterocycles. The third kappa shape index (κ3) is 18.3. The molecule has 0 aromatic carbocycles. The summed E-state index contributed by atoms with van der Waals surface area (Å²) in [6.07, 6.45) is 26.1. The average molecular weight is 373 g/mol. The van der Waals surface area contributed by atoms with E-state index in [4.69, 9.17) is 0 Å². The van der Waals surface area contributed by atoms with Crippen LogP contribution in [0.1, 0.15) is 123 Å². The molecule has 22 heavy (non-hydrogen) atoms. The summed E-state index contributed by atoms with van der Waals surface area (Å²) in [5.74, 6) is 0. The zero-order valence-corrected chi connectivity index (χ0v) is 17.1. The predicted octanol–water partition coefficient (Wildman–Crippen LogP) is 8.94. The van der Waals surface area contributed by atoms with E-state index in [0.29, 0.717) is 0 Å². The van der Waals surface area contributed by atoms with Crippen LogP contribution in [-0.2, 0) is 0 Å². The van der Waals surface area contributed by atoms with Gasteiger partial charge in [0, 0.05) is 0 Å². The van der Waals surface area contributed by atoms with Crippen molar-refractivity contribution in [1.29, 1.82) is 0 Å². The molecule has 0 heterocycles. The van der Waals surface area contributed by atoms with Crippen LogP contribution < -0.4 is 0 Å². The number of rotatable bonds is 17. The molecule has 1 heteroatoms. The Labute approximate surface area is 149 Å². The van der Waals surface area contributed by atoms with Crippen molar-refractivity contribution in [2.24, 2.45) is 0 Å². The van der Waals surface area contributed by atoms with E-state index in [1.807, 2.05) is 0 Å². The fourth-order valence-electron chi connectivity index (χ4n) is 2.89. The molecule has 0 aliphatic rings. The fourth-order valence-corrected chi connectivity index (χ4v) is 3.40. The Morgan fingerprint density at radius 1 is 0.591 bits per heavy atom. The van der Waals surface area contributed by atoms with Crippen LogP contribution in [0.3, 0.4) is 0 Å². The predicted molar refractivity (Wildman–Crippen MR) is 107 cm³/mol.